The number of halogens is 1. The second kappa shape index (κ2) is 13.0. The van der Waals surface area contributed by atoms with Gasteiger partial charge in [0.2, 0.25) is 5.91 Å². The SMILES string of the molecule is CCOC(CCNC(=NC)NCC(=O)N1CCCc2ccccc21)C(C)C.I. The third kappa shape index (κ3) is 7.24. The lowest BCUT2D eigenvalue weighted by atomic mass is 10.0. The lowest BCUT2D eigenvalue weighted by molar-refractivity contribution is -0.117. The van der Waals surface area contributed by atoms with Crippen LogP contribution in [-0.2, 0) is 16.0 Å². The van der Waals surface area contributed by atoms with Gasteiger partial charge in [0.05, 0.1) is 12.6 Å². The highest BCUT2D eigenvalue weighted by Crippen LogP contribution is 2.26. The molecule has 6 nitrogen and oxygen atoms in total. The average Bonchev–Trinajstić information content (AvgIpc) is 2.68. The van der Waals surface area contributed by atoms with E-state index >= 15 is 0 Å². The average molecular weight is 502 g/mol. The molecule has 7 heteroatoms. The number of guanidine groups is 1. The summed E-state index contributed by atoms with van der Waals surface area (Å²) in [5.41, 5.74) is 2.28. The van der Waals surface area contributed by atoms with Gasteiger partial charge in [0.1, 0.15) is 0 Å². The number of para-hydroxylation sites is 1. The summed E-state index contributed by atoms with van der Waals surface area (Å²) in [6.45, 7) is 8.84. The van der Waals surface area contributed by atoms with Gasteiger partial charge >= 0.3 is 0 Å². The molecule has 158 valence electrons. The van der Waals surface area contributed by atoms with Gasteiger partial charge in [-0.05, 0) is 43.7 Å². The number of nitrogens with zero attached hydrogens (tertiary/aromatic N) is 2. The highest BCUT2D eigenvalue weighted by molar-refractivity contribution is 14.0. The third-order valence-corrected chi connectivity index (χ3v) is 4.89. The largest absolute Gasteiger partial charge is 0.378 e. The van der Waals surface area contributed by atoms with Crippen molar-refractivity contribution >= 4 is 41.5 Å². The molecule has 0 aromatic heterocycles. The number of aryl methyl sites for hydroxylation is 1. The lowest BCUT2D eigenvalue weighted by Gasteiger charge is -2.29. The second-order valence-corrected chi connectivity index (χ2v) is 7.16. The van der Waals surface area contributed by atoms with Gasteiger partial charge in [-0.2, -0.15) is 0 Å². The first-order valence-corrected chi connectivity index (χ1v) is 10.0. The summed E-state index contributed by atoms with van der Waals surface area (Å²) in [7, 11) is 1.72. The second-order valence-electron chi connectivity index (χ2n) is 7.16. The zero-order chi connectivity index (χ0) is 19.6. The Bertz CT molecular complexity index is 637. The molecule has 0 saturated heterocycles. The van der Waals surface area contributed by atoms with Crippen molar-refractivity contribution in [3.05, 3.63) is 29.8 Å². The molecule has 0 bridgehead atoms. The Morgan fingerprint density at radius 2 is 2.04 bits per heavy atom. The van der Waals surface area contributed by atoms with Crippen molar-refractivity contribution in [3.8, 4) is 0 Å². The summed E-state index contributed by atoms with van der Waals surface area (Å²) in [4.78, 5) is 18.8. The van der Waals surface area contributed by atoms with E-state index in [4.69, 9.17) is 4.74 Å². The number of nitrogens with one attached hydrogen (secondary N) is 2. The van der Waals surface area contributed by atoms with Crippen LogP contribution in [0.25, 0.3) is 0 Å². The fourth-order valence-electron chi connectivity index (χ4n) is 3.42. The van der Waals surface area contributed by atoms with E-state index < -0.39 is 0 Å². The first-order chi connectivity index (χ1) is 13.1. The fourth-order valence-corrected chi connectivity index (χ4v) is 3.42. The van der Waals surface area contributed by atoms with Gasteiger partial charge in [-0.1, -0.05) is 32.0 Å². The van der Waals surface area contributed by atoms with Crippen LogP contribution in [0.5, 0.6) is 0 Å². The summed E-state index contributed by atoms with van der Waals surface area (Å²) in [6.07, 6.45) is 3.17. The zero-order valence-electron chi connectivity index (χ0n) is 17.5. The molecule has 1 aliphatic rings. The number of carbonyl (C=O) groups is 1. The smallest absolute Gasteiger partial charge is 0.246 e. The molecule has 1 atom stereocenters. The first kappa shape index (κ1) is 24.7. The first-order valence-electron chi connectivity index (χ1n) is 10.0. The highest BCUT2D eigenvalue weighted by Gasteiger charge is 2.22. The van der Waals surface area contributed by atoms with E-state index in [1.54, 1.807) is 7.05 Å². The van der Waals surface area contributed by atoms with E-state index in [1.807, 2.05) is 30.0 Å². The Hall–Kier alpha value is -1.35. The Labute approximate surface area is 186 Å². The number of hydrogen-bond donors (Lipinski definition) is 2. The molecular weight excluding hydrogens is 467 g/mol. The van der Waals surface area contributed by atoms with Gasteiger partial charge < -0.3 is 20.3 Å². The monoisotopic (exact) mass is 502 g/mol. The van der Waals surface area contributed by atoms with Crippen LogP contribution in [0, 0.1) is 5.92 Å². The molecular formula is C21H35IN4O2. The number of carbonyl (C=O) groups excluding carboxylic acids is 1. The van der Waals surface area contributed by atoms with Crippen LogP contribution in [-0.4, -0.2) is 51.3 Å². The number of fused-ring (bicyclic) bond motifs is 1. The number of aliphatic imine (C=N–C) groups is 1. The normalized spacial score (nSPS) is 14.9. The molecule has 1 aromatic carbocycles. The zero-order valence-corrected chi connectivity index (χ0v) is 19.9. The molecule has 1 aromatic rings. The molecule has 2 rings (SSSR count). The minimum absolute atomic E-state index is 0. The Kier molecular flexibility index (Phi) is 11.4. The standard InChI is InChI=1S/C21H34N4O2.HI/c1-5-27-19(16(2)3)12-13-23-21(22-4)24-15-20(26)25-14-8-10-17-9-6-7-11-18(17)25;/h6-7,9,11,16,19H,5,8,10,12-15H2,1-4H3,(H2,22,23,24);1H. The van der Waals surface area contributed by atoms with E-state index in [1.165, 1.54) is 5.56 Å². The van der Waals surface area contributed by atoms with Gasteiger partial charge in [-0.25, -0.2) is 0 Å². The summed E-state index contributed by atoms with van der Waals surface area (Å²) in [5.74, 6) is 1.19. The van der Waals surface area contributed by atoms with Crippen LogP contribution in [0.4, 0.5) is 5.69 Å². The number of ether oxygens (including phenoxy) is 1. The van der Waals surface area contributed by atoms with Crippen LogP contribution in [0.15, 0.2) is 29.3 Å². The Morgan fingerprint density at radius 1 is 1.29 bits per heavy atom. The number of rotatable bonds is 8. The predicted molar refractivity (Wildman–Crippen MR) is 127 cm³/mol. The lowest BCUT2D eigenvalue weighted by Crippen LogP contribution is -2.46. The topological polar surface area (TPSA) is 66.0 Å². The maximum absolute atomic E-state index is 12.7. The Morgan fingerprint density at radius 3 is 2.71 bits per heavy atom. The molecule has 0 saturated carbocycles. The van der Waals surface area contributed by atoms with Gasteiger partial charge in [-0.15, -0.1) is 24.0 Å². The number of amides is 1. The molecule has 1 heterocycles. The quantitative estimate of drug-likeness (QED) is 0.326. The molecule has 2 N–H and O–H groups in total. The van der Waals surface area contributed by atoms with Crippen molar-refractivity contribution in [2.75, 3.05) is 38.2 Å². The highest BCUT2D eigenvalue weighted by atomic mass is 127. The van der Waals surface area contributed by atoms with E-state index in [0.717, 1.165) is 44.6 Å². The summed E-state index contributed by atoms with van der Waals surface area (Å²) < 4.78 is 5.77. The number of benzene rings is 1. The van der Waals surface area contributed by atoms with Crippen LogP contribution >= 0.6 is 24.0 Å². The van der Waals surface area contributed by atoms with Crippen molar-refractivity contribution in [2.24, 2.45) is 10.9 Å². The predicted octanol–water partition coefficient (Wildman–Crippen LogP) is 3.20. The maximum atomic E-state index is 12.7. The van der Waals surface area contributed by atoms with Crippen LogP contribution < -0.4 is 15.5 Å². The van der Waals surface area contributed by atoms with Crippen LogP contribution in [0.3, 0.4) is 0 Å². The van der Waals surface area contributed by atoms with Gasteiger partial charge in [0.15, 0.2) is 5.96 Å². The van der Waals surface area contributed by atoms with Crippen molar-refractivity contribution in [2.45, 2.75) is 46.1 Å². The molecule has 0 radical (unpaired) electrons. The summed E-state index contributed by atoms with van der Waals surface area (Å²) >= 11 is 0. The van der Waals surface area contributed by atoms with E-state index in [2.05, 4.69) is 35.5 Å². The molecule has 1 aliphatic heterocycles. The number of hydrogen-bond acceptors (Lipinski definition) is 3. The van der Waals surface area contributed by atoms with Gasteiger partial charge in [0, 0.05) is 32.4 Å². The van der Waals surface area contributed by atoms with Gasteiger partial charge in [0.25, 0.3) is 0 Å². The van der Waals surface area contributed by atoms with Crippen molar-refractivity contribution in [1.29, 1.82) is 0 Å². The maximum Gasteiger partial charge on any atom is 0.246 e. The molecule has 1 amide bonds. The van der Waals surface area contributed by atoms with Crippen molar-refractivity contribution in [1.82, 2.24) is 10.6 Å². The minimum atomic E-state index is 0. The Balaban J connectivity index is 0.00000392. The summed E-state index contributed by atoms with van der Waals surface area (Å²) in [5, 5.41) is 6.42. The van der Waals surface area contributed by atoms with E-state index in [-0.39, 0.29) is 42.5 Å². The van der Waals surface area contributed by atoms with Crippen LogP contribution in [0.2, 0.25) is 0 Å². The van der Waals surface area contributed by atoms with E-state index in [9.17, 15) is 4.79 Å². The fraction of sp³-hybridized carbons (Fsp3) is 0.619. The van der Waals surface area contributed by atoms with Crippen molar-refractivity contribution < 1.29 is 9.53 Å². The van der Waals surface area contributed by atoms with Crippen LogP contribution in [0.1, 0.15) is 39.2 Å². The van der Waals surface area contributed by atoms with E-state index in [0.29, 0.717) is 11.9 Å². The molecule has 0 spiro atoms. The third-order valence-electron chi connectivity index (χ3n) is 4.89. The molecule has 0 aliphatic carbocycles. The molecule has 1 unspecified atom stereocenters. The number of anilines is 1. The minimum Gasteiger partial charge on any atom is -0.378 e. The molecule has 0 fully saturated rings. The molecule has 28 heavy (non-hydrogen) atoms. The van der Waals surface area contributed by atoms with Crippen molar-refractivity contribution in [3.63, 3.8) is 0 Å². The van der Waals surface area contributed by atoms with Gasteiger partial charge in [-0.3, -0.25) is 9.79 Å². The summed E-state index contributed by atoms with van der Waals surface area (Å²) in [6, 6.07) is 8.15.